The van der Waals surface area contributed by atoms with Crippen LogP contribution in [0.25, 0.3) is 0 Å². The molecule has 35 heavy (non-hydrogen) atoms. The van der Waals surface area contributed by atoms with Crippen molar-refractivity contribution in [2.24, 2.45) is 0 Å². The normalized spacial score (nSPS) is 13.1. The Bertz CT molecular complexity index is 1200. The van der Waals surface area contributed by atoms with E-state index in [0.717, 1.165) is 22.7 Å². The zero-order valence-corrected chi connectivity index (χ0v) is 22.8. The smallest absolute Gasteiger partial charge is 0.244 e. The molecule has 2 aromatic rings. The Morgan fingerprint density at radius 1 is 1.03 bits per heavy atom. The van der Waals surface area contributed by atoms with Crippen LogP contribution < -0.4 is 9.62 Å². The van der Waals surface area contributed by atoms with Crippen molar-refractivity contribution in [1.82, 2.24) is 10.2 Å². The summed E-state index contributed by atoms with van der Waals surface area (Å²) >= 11 is 17.9. The Balaban J connectivity index is 2.43. The number of amides is 2. The molecule has 0 aliphatic rings. The largest absolute Gasteiger partial charge is 0.352 e. The van der Waals surface area contributed by atoms with E-state index in [1.165, 1.54) is 11.0 Å². The fraction of sp³-hybridized carbons (Fsp3) is 0.391. The molecule has 0 heterocycles. The van der Waals surface area contributed by atoms with Crippen LogP contribution in [0.2, 0.25) is 15.1 Å². The van der Waals surface area contributed by atoms with Crippen LogP contribution in [0.3, 0.4) is 0 Å². The Labute approximate surface area is 220 Å². The molecule has 1 N–H and O–H groups in total. The molecule has 2 aromatic carbocycles. The van der Waals surface area contributed by atoms with Gasteiger partial charge in [0.2, 0.25) is 21.8 Å². The third kappa shape index (κ3) is 7.96. The summed E-state index contributed by atoms with van der Waals surface area (Å²) < 4.78 is 39.5. The Hall–Kier alpha value is -2.07. The maximum absolute atomic E-state index is 13.6. The summed E-state index contributed by atoms with van der Waals surface area (Å²) in [6.07, 6.45) is 1.60. The molecule has 0 saturated carbocycles. The highest BCUT2D eigenvalue weighted by molar-refractivity contribution is 7.92. The first-order chi connectivity index (χ1) is 16.2. The van der Waals surface area contributed by atoms with Crippen molar-refractivity contribution in [1.29, 1.82) is 0 Å². The van der Waals surface area contributed by atoms with Crippen LogP contribution in [-0.2, 0) is 26.2 Å². The van der Waals surface area contributed by atoms with Gasteiger partial charge in [-0.1, -0.05) is 47.8 Å². The molecule has 0 fully saturated rings. The molecular weight excluding hydrogens is 540 g/mol. The standard InChI is InChI=1S/C23H27Cl3FN3O4S/c1-5-14(2)28-23(32)15(3)29(12-16-6-8-18(24)19(25)10-16)22(31)13-30(35(4,33)34)17-7-9-21(27)20(26)11-17/h6-11,14-15H,5,12-13H2,1-4H3,(H,28,32)/t14-,15-/m1/s1. The number of anilines is 1. The molecule has 0 spiro atoms. The molecule has 0 aliphatic heterocycles. The van der Waals surface area contributed by atoms with Crippen molar-refractivity contribution in [3.05, 3.63) is 62.8 Å². The number of carbonyl (C=O) groups excluding carboxylic acids is 2. The van der Waals surface area contributed by atoms with Gasteiger partial charge in [-0.2, -0.15) is 0 Å². The highest BCUT2D eigenvalue weighted by Gasteiger charge is 2.30. The van der Waals surface area contributed by atoms with Gasteiger partial charge in [-0.3, -0.25) is 13.9 Å². The van der Waals surface area contributed by atoms with E-state index < -0.39 is 40.2 Å². The third-order valence-corrected chi connectivity index (χ3v) is 7.54. The van der Waals surface area contributed by atoms with Crippen LogP contribution in [0.15, 0.2) is 36.4 Å². The average Bonchev–Trinajstić information content (AvgIpc) is 2.78. The second kappa shape index (κ2) is 12.3. The second-order valence-corrected chi connectivity index (χ2v) is 11.3. The van der Waals surface area contributed by atoms with E-state index in [-0.39, 0.29) is 28.3 Å². The highest BCUT2D eigenvalue weighted by Crippen LogP contribution is 2.26. The Morgan fingerprint density at radius 3 is 2.23 bits per heavy atom. The number of nitrogens with zero attached hydrogens (tertiary/aromatic N) is 2. The number of carbonyl (C=O) groups is 2. The fourth-order valence-corrected chi connectivity index (χ4v) is 4.47. The van der Waals surface area contributed by atoms with Gasteiger partial charge in [0.1, 0.15) is 18.4 Å². The predicted molar refractivity (Wildman–Crippen MR) is 138 cm³/mol. The first kappa shape index (κ1) is 29.2. The van der Waals surface area contributed by atoms with Crippen molar-refractivity contribution >= 4 is 62.3 Å². The molecule has 0 aliphatic carbocycles. The Morgan fingerprint density at radius 2 is 1.69 bits per heavy atom. The lowest BCUT2D eigenvalue weighted by Gasteiger charge is -2.32. The van der Waals surface area contributed by atoms with E-state index in [9.17, 15) is 22.4 Å². The lowest BCUT2D eigenvalue weighted by molar-refractivity contribution is -0.139. The van der Waals surface area contributed by atoms with Crippen molar-refractivity contribution in [3.63, 3.8) is 0 Å². The molecule has 12 heteroatoms. The van der Waals surface area contributed by atoms with Gasteiger partial charge in [-0.15, -0.1) is 0 Å². The first-order valence-electron chi connectivity index (χ1n) is 10.7. The van der Waals surface area contributed by atoms with Crippen molar-refractivity contribution in [2.75, 3.05) is 17.1 Å². The van der Waals surface area contributed by atoms with Gasteiger partial charge in [0.05, 0.1) is 27.0 Å². The number of benzene rings is 2. The number of rotatable bonds is 10. The van der Waals surface area contributed by atoms with Crippen LogP contribution >= 0.6 is 34.8 Å². The van der Waals surface area contributed by atoms with E-state index in [2.05, 4.69) is 5.32 Å². The maximum Gasteiger partial charge on any atom is 0.244 e. The molecule has 0 aromatic heterocycles. The number of hydrogen-bond acceptors (Lipinski definition) is 4. The zero-order chi connectivity index (χ0) is 26.5. The molecule has 7 nitrogen and oxygen atoms in total. The topological polar surface area (TPSA) is 86.8 Å². The van der Waals surface area contributed by atoms with E-state index in [4.69, 9.17) is 34.8 Å². The van der Waals surface area contributed by atoms with Crippen molar-refractivity contribution in [2.45, 2.75) is 45.8 Å². The quantitative estimate of drug-likeness (QED) is 0.444. The monoisotopic (exact) mass is 565 g/mol. The van der Waals surface area contributed by atoms with Gasteiger partial charge < -0.3 is 10.2 Å². The van der Waals surface area contributed by atoms with Crippen LogP contribution in [0.5, 0.6) is 0 Å². The summed E-state index contributed by atoms with van der Waals surface area (Å²) in [5.41, 5.74) is 0.602. The van der Waals surface area contributed by atoms with Crippen molar-refractivity contribution < 1.29 is 22.4 Å². The van der Waals surface area contributed by atoms with E-state index in [1.807, 2.05) is 13.8 Å². The van der Waals surface area contributed by atoms with Gasteiger partial charge in [-0.05, 0) is 56.2 Å². The van der Waals surface area contributed by atoms with Crippen LogP contribution in [-0.4, -0.2) is 50.0 Å². The summed E-state index contributed by atoms with van der Waals surface area (Å²) in [5, 5.41) is 3.13. The SMILES string of the molecule is CC[C@@H](C)NC(=O)[C@@H](C)N(Cc1ccc(Cl)c(Cl)c1)C(=O)CN(c1ccc(F)c(Cl)c1)S(C)(=O)=O. The van der Waals surface area contributed by atoms with Crippen LogP contribution in [0.4, 0.5) is 10.1 Å². The summed E-state index contributed by atoms with van der Waals surface area (Å²) in [6, 6.07) is 7.06. The number of halogens is 4. The fourth-order valence-electron chi connectivity index (χ4n) is 3.14. The molecule has 0 bridgehead atoms. The van der Waals surface area contributed by atoms with E-state index >= 15 is 0 Å². The predicted octanol–water partition coefficient (Wildman–Crippen LogP) is 4.88. The van der Waals surface area contributed by atoms with Crippen LogP contribution in [0.1, 0.15) is 32.8 Å². The number of nitrogens with one attached hydrogen (secondary N) is 1. The lowest BCUT2D eigenvalue weighted by atomic mass is 10.1. The second-order valence-electron chi connectivity index (χ2n) is 8.13. The highest BCUT2D eigenvalue weighted by atomic mass is 35.5. The molecule has 0 unspecified atom stereocenters. The van der Waals surface area contributed by atoms with Gasteiger partial charge in [0, 0.05) is 12.6 Å². The minimum Gasteiger partial charge on any atom is -0.352 e. The van der Waals surface area contributed by atoms with Gasteiger partial charge >= 0.3 is 0 Å². The molecule has 2 atom stereocenters. The van der Waals surface area contributed by atoms with Crippen LogP contribution in [0, 0.1) is 5.82 Å². The summed E-state index contributed by atoms with van der Waals surface area (Å²) in [6.45, 7) is 4.62. The zero-order valence-electron chi connectivity index (χ0n) is 19.7. The lowest BCUT2D eigenvalue weighted by Crippen LogP contribution is -2.52. The van der Waals surface area contributed by atoms with Gasteiger partial charge in [0.25, 0.3) is 0 Å². The third-order valence-electron chi connectivity index (χ3n) is 5.38. The van der Waals surface area contributed by atoms with E-state index in [0.29, 0.717) is 17.0 Å². The summed E-state index contributed by atoms with van der Waals surface area (Å²) in [4.78, 5) is 27.6. The van der Waals surface area contributed by atoms with Gasteiger partial charge in [-0.25, -0.2) is 12.8 Å². The first-order valence-corrected chi connectivity index (χ1v) is 13.7. The minimum absolute atomic E-state index is 0.0125. The minimum atomic E-state index is -3.96. The summed E-state index contributed by atoms with van der Waals surface area (Å²) in [5.74, 6) is -1.79. The summed E-state index contributed by atoms with van der Waals surface area (Å²) in [7, 11) is -3.96. The number of hydrogen-bond donors (Lipinski definition) is 1. The molecule has 2 rings (SSSR count). The molecule has 2 amide bonds. The van der Waals surface area contributed by atoms with Crippen molar-refractivity contribution in [3.8, 4) is 0 Å². The number of sulfonamides is 1. The molecule has 0 radical (unpaired) electrons. The maximum atomic E-state index is 13.6. The Kier molecular flexibility index (Phi) is 10.2. The van der Waals surface area contributed by atoms with E-state index in [1.54, 1.807) is 25.1 Å². The average molecular weight is 567 g/mol. The molecular formula is C23H27Cl3FN3O4S. The molecule has 0 saturated heterocycles. The van der Waals surface area contributed by atoms with Gasteiger partial charge in [0.15, 0.2) is 0 Å². The molecule has 192 valence electrons.